The van der Waals surface area contributed by atoms with Gasteiger partial charge >= 0.3 is 0 Å². The zero-order valence-electron chi connectivity index (χ0n) is 15.4. The number of nitrogens with zero attached hydrogens (tertiary/aromatic N) is 2. The fraction of sp³-hybridized carbons (Fsp3) is 0.250. The molecule has 0 radical (unpaired) electrons. The van der Waals surface area contributed by atoms with E-state index in [2.05, 4.69) is 20.2 Å². The van der Waals surface area contributed by atoms with E-state index in [4.69, 9.17) is 10.5 Å². The van der Waals surface area contributed by atoms with Crippen LogP contribution in [0.2, 0.25) is 0 Å². The quantitative estimate of drug-likeness (QED) is 0.491. The summed E-state index contributed by atoms with van der Waals surface area (Å²) >= 11 is 0. The van der Waals surface area contributed by atoms with Crippen molar-refractivity contribution in [2.75, 3.05) is 5.73 Å². The molecule has 29 heavy (non-hydrogen) atoms. The summed E-state index contributed by atoms with van der Waals surface area (Å²) in [4.78, 5) is 19.8. The van der Waals surface area contributed by atoms with E-state index < -0.39 is 17.5 Å². The van der Waals surface area contributed by atoms with E-state index in [1.54, 1.807) is 19.1 Å². The first kappa shape index (κ1) is 17.6. The fourth-order valence-electron chi connectivity index (χ4n) is 3.68. The third kappa shape index (κ3) is 2.72. The predicted molar refractivity (Wildman–Crippen MR) is 105 cm³/mol. The zero-order valence-corrected chi connectivity index (χ0v) is 15.4. The smallest absolute Gasteiger partial charge is 0.272 e. The van der Waals surface area contributed by atoms with Gasteiger partial charge in [0, 0.05) is 29.4 Å². The first-order valence-electron chi connectivity index (χ1n) is 9.18. The van der Waals surface area contributed by atoms with E-state index in [9.17, 15) is 13.6 Å². The first-order chi connectivity index (χ1) is 13.9. The average Bonchev–Trinajstić information content (AvgIpc) is 3.15. The summed E-state index contributed by atoms with van der Waals surface area (Å²) in [6.07, 6.45) is 1.04. The van der Waals surface area contributed by atoms with E-state index >= 15 is 0 Å². The lowest BCUT2D eigenvalue weighted by atomic mass is 9.93. The van der Waals surface area contributed by atoms with Crippen LogP contribution in [0.25, 0.3) is 33.1 Å². The summed E-state index contributed by atoms with van der Waals surface area (Å²) in [5.74, 6) is -0.111. The largest absolute Gasteiger partial charge is 0.474 e. The summed E-state index contributed by atoms with van der Waals surface area (Å²) in [6.45, 7) is 1.80. The molecule has 3 aromatic heterocycles. The molecule has 148 valence electrons. The standard InChI is InChI=1S/C20H17F2N5O2/c1-8-4-14-18(26-20(8)29-10-5-9(21)6-10)15(16(23)19(28)25-14)11-2-3-13(22)17-12(11)7-24-27-17/h2-4,7,9-10H,5-6,23H2,1H3,(H,24,27)(H,25,28). The van der Waals surface area contributed by atoms with Crippen LogP contribution < -0.4 is 16.0 Å². The van der Waals surface area contributed by atoms with Crippen molar-refractivity contribution in [3.05, 3.63) is 46.1 Å². The Morgan fingerprint density at radius 1 is 1.31 bits per heavy atom. The molecule has 0 unspecified atom stereocenters. The predicted octanol–water partition coefficient (Wildman–Crippen LogP) is 3.38. The van der Waals surface area contributed by atoms with Crippen molar-refractivity contribution >= 4 is 27.6 Å². The summed E-state index contributed by atoms with van der Waals surface area (Å²) in [5.41, 5.74) is 8.32. The summed E-state index contributed by atoms with van der Waals surface area (Å²) in [6, 6.07) is 4.56. The molecule has 1 aliphatic rings. The molecule has 0 amide bonds. The number of hydrogen-bond acceptors (Lipinski definition) is 5. The van der Waals surface area contributed by atoms with Crippen LogP contribution >= 0.6 is 0 Å². The number of rotatable bonds is 3. The Bertz CT molecular complexity index is 1320. The van der Waals surface area contributed by atoms with Crippen molar-refractivity contribution in [1.29, 1.82) is 0 Å². The van der Waals surface area contributed by atoms with E-state index in [1.165, 1.54) is 12.3 Å². The number of halogens is 2. The molecule has 0 saturated heterocycles. The molecule has 0 aliphatic heterocycles. The Morgan fingerprint density at radius 2 is 2.10 bits per heavy atom. The minimum atomic E-state index is -0.850. The van der Waals surface area contributed by atoms with Crippen molar-refractivity contribution in [1.82, 2.24) is 20.2 Å². The number of pyridine rings is 2. The van der Waals surface area contributed by atoms with Gasteiger partial charge in [0.1, 0.15) is 34.8 Å². The number of aryl methyl sites for hydroxylation is 1. The van der Waals surface area contributed by atoms with Gasteiger partial charge in [0.05, 0.1) is 11.7 Å². The molecular weight excluding hydrogens is 380 g/mol. The molecule has 7 nitrogen and oxygen atoms in total. The highest BCUT2D eigenvalue weighted by molar-refractivity contribution is 6.06. The van der Waals surface area contributed by atoms with Crippen molar-refractivity contribution < 1.29 is 13.5 Å². The number of benzene rings is 1. The number of aromatic nitrogens is 4. The highest BCUT2D eigenvalue weighted by Gasteiger charge is 2.31. The molecule has 0 atom stereocenters. The van der Waals surface area contributed by atoms with Gasteiger partial charge in [0.2, 0.25) is 5.88 Å². The third-order valence-electron chi connectivity index (χ3n) is 5.32. The van der Waals surface area contributed by atoms with Crippen LogP contribution in [0.3, 0.4) is 0 Å². The van der Waals surface area contributed by atoms with Crippen LogP contribution in [0.5, 0.6) is 5.88 Å². The maximum absolute atomic E-state index is 14.1. The molecule has 0 spiro atoms. The topological polar surface area (TPSA) is 110 Å². The second kappa shape index (κ2) is 6.26. The summed E-state index contributed by atoms with van der Waals surface area (Å²) in [5, 5.41) is 7.00. The Morgan fingerprint density at radius 3 is 2.86 bits per heavy atom. The lowest BCUT2D eigenvalue weighted by molar-refractivity contribution is 0.0375. The van der Waals surface area contributed by atoms with Gasteiger partial charge in [-0.15, -0.1) is 0 Å². The minimum Gasteiger partial charge on any atom is -0.474 e. The van der Waals surface area contributed by atoms with E-state index in [0.717, 1.165) is 0 Å². The molecule has 4 aromatic rings. The highest BCUT2D eigenvalue weighted by Crippen LogP contribution is 2.37. The summed E-state index contributed by atoms with van der Waals surface area (Å²) in [7, 11) is 0. The normalized spacial score (nSPS) is 18.9. The Balaban J connectivity index is 1.77. The Labute approximate surface area is 162 Å². The number of nitrogens with two attached hydrogens (primary N) is 1. The van der Waals surface area contributed by atoms with E-state index in [0.29, 0.717) is 51.8 Å². The molecule has 1 saturated carbocycles. The lowest BCUT2D eigenvalue weighted by Crippen LogP contribution is -2.35. The first-order valence-corrected chi connectivity index (χ1v) is 9.18. The van der Waals surface area contributed by atoms with Gasteiger partial charge in [-0.3, -0.25) is 9.89 Å². The SMILES string of the molecule is Cc1cc2[nH]c(=O)c(N)c(-c3ccc(F)c4[nH]ncc34)c2nc1OC1CC(F)C1. The van der Waals surface area contributed by atoms with Gasteiger partial charge in [-0.2, -0.15) is 5.10 Å². The molecule has 9 heteroatoms. The molecule has 3 heterocycles. The number of nitrogen functional groups attached to an aromatic ring is 1. The maximum atomic E-state index is 14.1. The molecular formula is C20H17F2N5O2. The highest BCUT2D eigenvalue weighted by atomic mass is 19.1. The van der Waals surface area contributed by atoms with Crippen LogP contribution in [0, 0.1) is 12.7 Å². The molecule has 0 bridgehead atoms. The van der Waals surface area contributed by atoms with Gasteiger partial charge in [-0.25, -0.2) is 13.8 Å². The number of alkyl halides is 1. The van der Waals surface area contributed by atoms with Crippen molar-refractivity contribution in [3.8, 4) is 17.0 Å². The molecule has 1 aliphatic carbocycles. The average molecular weight is 397 g/mol. The molecule has 1 fully saturated rings. The molecule has 5 rings (SSSR count). The van der Waals surface area contributed by atoms with Crippen LogP contribution in [-0.4, -0.2) is 32.4 Å². The second-order valence-electron chi connectivity index (χ2n) is 7.31. The number of nitrogens with one attached hydrogen (secondary N) is 2. The number of fused-ring (bicyclic) bond motifs is 2. The van der Waals surface area contributed by atoms with Crippen molar-refractivity contribution in [2.45, 2.75) is 32.0 Å². The van der Waals surface area contributed by atoms with Crippen LogP contribution in [0.4, 0.5) is 14.5 Å². The number of ether oxygens (including phenoxy) is 1. The van der Waals surface area contributed by atoms with Gasteiger partial charge in [0.15, 0.2) is 0 Å². The van der Waals surface area contributed by atoms with Crippen LogP contribution in [0.1, 0.15) is 18.4 Å². The van der Waals surface area contributed by atoms with Gasteiger partial charge in [0.25, 0.3) is 5.56 Å². The number of hydrogen-bond donors (Lipinski definition) is 3. The van der Waals surface area contributed by atoms with Crippen molar-refractivity contribution in [2.24, 2.45) is 0 Å². The zero-order chi connectivity index (χ0) is 20.3. The third-order valence-corrected chi connectivity index (χ3v) is 5.32. The van der Waals surface area contributed by atoms with E-state index in [-0.39, 0.29) is 17.3 Å². The Kier molecular flexibility index (Phi) is 3.80. The fourth-order valence-corrected chi connectivity index (χ4v) is 3.68. The number of anilines is 1. The van der Waals surface area contributed by atoms with Gasteiger partial charge < -0.3 is 15.5 Å². The molecule has 4 N–H and O–H groups in total. The second-order valence-corrected chi connectivity index (χ2v) is 7.31. The number of H-pyrrole nitrogens is 2. The van der Waals surface area contributed by atoms with Crippen molar-refractivity contribution in [3.63, 3.8) is 0 Å². The maximum Gasteiger partial charge on any atom is 0.272 e. The monoisotopic (exact) mass is 397 g/mol. The molecule has 1 aromatic carbocycles. The van der Waals surface area contributed by atoms with Crippen LogP contribution in [0.15, 0.2) is 29.2 Å². The van der Waals surface area contributed by atoms with Gasteiger partial charge in [-0.1, -0.05) is 6.07 Å². The number of aromatic amines is 2. The summed E-state index contributed by atoms with van der Waals surface area (Å²) < 4.78 is 33.1. The van der Waals surface area contributed by atoms with Gasteiger partial charge in [-0.05, 0) is 24.6 Å². The Hall–Kier alpha value is -3.49. The lowest BCUT2D eigenvalue weighted by Gasteiger charge is -2.30. The van der Waals surface area contributed by atoms with E-state index in [1.807, 2.05) is 0 Å². The van der Waals surface area contributed by atoms with Crippen LogP contribution in [-0.2, 0) is 0 Å². The minimum absolute atomic E-state index is 0.0404.